The van der Waals surface area contributed by atoms with Crippen LogP contribution in [0.25, 0.3) is 11.3 Å². The second-order valence-electron chi connectivity index (χ2n) is 3.38. The van der Waals surface area contributed by atoms with Crippen molar-refractivity contribution in [3.63, 3.8) is 0 Å². The lowest BCUT2D eigenvalue weighted by Gasteiger charge is -2.07. The molecule has 0 aliphatic carbocycles. The van der Waals surface area contributed by atoms with E-state index in [0.29, 0.717) is 6.20 Å². The van der Waals surface area contributed by atoms with Crippen molar-refractivity contribution < 1.29 is 17.6 Å². The Morgan fingerprint density at radius 1 is 1.11 bits per heavy atom. The fraction of sp³-hybridized carbons (Fsp3) is 0.100. The third kappa shape index (κ3) is 2.36. The van der Waals surface area contributed by atoms with Crippen molar-refractivity contribution in [3.8, 4) is 11.3 Å². The average molecular weight is 258 g/mol. The van der Waals surface area contributed by atoms with E-state index in [1.165, 1.54) is 0 Å². The standard InChI is InChI=1S/C10H6F4N4/c11-6-1-5(2-17-9(6)15)7-3-16-4-8(18-7)10(12,13)14/h1-4H,(H2,15,17). The topological polar surface area (TPSA) is 64.7 Å². The highest BCUT2D eigenvalue weighted by Crippen LogP contribution is 2.28. The molecule has 2 heterocycles. The molecule has 2 N–H and O–H groups in total. The Hall–Kier alpha value is -2.25. The molecule has 94 valence electrons. The molecule has 0 saturated heterocycles. The summed E-state index contributed by atoms with van der Waals surface area (Å²) < 4.78 is 50.4. The molecule has 2 aromatic heterocycles. The summed E-state index contributed by atoms with van der Waals surface area (Å²) in [6.07, 6.45) is -1.81. The van der Waals surface area contributed by atoms with Gasteiger partial charge in [0.25, 0.3) is 0 Å². The van der Waals surface area contributed by atoms with Gasteiger partial charge in [0.05, 0.1) is 18.1 Å². The maximum absolute atomic E-state index is 13.1. The lowest BCUT2D eigenvalue weighted by molar-refractivity contribution is -0.141. The van der Waals surface area contributed by atoms with E-state index in [2.05, 4.69) is 15.0 Å². The number of pyridine rings is 1. The van der Waals surface area contributed by atoms with E-state index >= 15 is 0 Å². The summed E-state index contributed by atoms with van der Waals surface area (Å²) >= 11 is 0. The molecule has 0 aliphatic heterocycles. The third-order valence-corrected chi connectivity index (χ3v) is 2.09. The predicted octanol–water partition coefficient (Wildman–Crippen LogP) is 2.28. The van der Waals surface area contributed by atoms with E-state index < -0.39 is 17.7 Å². The van der Waals surface area contributed by atoms with Gasteiger partial charge in [0, 0.05) is 11.8 Å². The van der Waals surface area contributed by atoms with Gasteiger partial charge in [-0.05, 0) is 6.07 Å². The molecule has 0 radical (unpaired) electrons. The second-order valence-corrected chi connectivity index (χ2v) is 3.38. The molecule has 0 bridgehead atoms. The zero-order chi connectivity index (χ0) is 13.3. The molecular weight excluding hydrogens is 252 g/mol. The average Bonchev–Trinajstić information content (AvgIpc) is 2.32. The van der Waals surface area contributed by atoms with Gasteiger partial charge in [-0.15, -0.1) is 0 Å². The summed E-state index contributed by atoms with van der Waals surface area (Å²) in [6.45, 7) is 0. The number of alkyl halides is 3. The first-order valence-electron chi connectivity index (χ1n) is 4.68. The van der Waals surface area contributed by atoms with Crippen LogP contribution in [0.2, 0.25) is 0 Å². The molecule has 0 aromatic carbocycles. The summed E-state index contributed by atoms with van der Waals surface area (Å²) in [4.78, 5) is 10.3. The number of anilines is 1. The van der Waals surface area contributed by atoms with Crippen LogP contribution in [0.15, 0.2) is 24.7 Å². The molecule has 0 atom stereocenters. The molecule has 0 aliphatic rings. The van der Waals surface area contributed by atoms with Gasteiger partial charge in [0.1, 0.15) is 0 Å². The third-order valence-electron chi connectivity index (χ3n) is 2.09. The number of hydrogen-bond acceptors (Lipinski definition) is 4. The Labute approximate surface area is 98.5 Å². The van der Waals surface area contributed by atoms with Gasteiger partial charge < -0.3 is 5.73 Å². The van der Waals surface area contributed by atoms with Crippen LogP contribution < -0.4 is 5.73 Å². The van der Waals surface area contributed by atoms with E-state index in [1.807, 2.05) is 0 Å². The summed E-state index contributed by atoms with van der Waals surface area (Å²) in [5.74, 6) is -1.16. The molecule has 0 spiro atoms. The minimum Gasteiger partial charge on any atom is -0.381 e. The Bertz CT molecular complexity index is 582. The summed E-state index contributed by atoms with van der Waals surface area (Å²) in [6, 6.07) is 0.951. The number of halogens is 4. The molecule has 0 saturated carbocycles. The molecule has 0 amide bonds. The van der Waals surface area contributed by atoms with Gasteiger partial charge >= 0.3 is 6.18 Å². The zero-order valence-corrected chi connectivity index (χ0v) is 8.74. The van der Waals surface area contributed by atoms with Crippen molar-refractivity contribution in [2.24, 2.45) is 0 Å². The molecular formula is C10H6F4N4. The lowest BCUT2D eigenvalue weighted by atomic mass is 10.2. The first kappa shape index (κ1) is 12.2. The highest BCUT2D eigenvalue weighted by Gasteiger charge is 2.33. The number of nitrogens with two attached hydrogens (primary N) is 1. The number of nitrogens with zero attached hydrogens (tertiary/aromatic N) is 3. The van der Waals surface area contributed by atoms with Crippen LogP contribution in [0.1, 0.15) is 5.69 Å². The van der Waals surface area contributed by atoms with Crippen molar-refractivity contribution in [2.45, 2.75) is 6.18 Å². The van der Waals surface area contributed by atoms with Gasteiger partial charge in [-0.2, -0.15) is 13.2 Å². The Kier molecular flexibility index (Phi) is 2.85. The van der Waals surface area contributed by atoms with E-state index in [9.17, 15) is 17.6 Å². The van der Waals surface area contributed by atoms with Gasteiger partial charge in [0.15, 0.2) is 17.3 Å². The molecule has 0 fully saturated rings. The molecule has 2 rings (SSSR count). The smallest absolute Gasteiger partial charge is 0.381 e. The predicted molar refractivity (Wildman–Crippen MR) is 54.6 cm³/mol. The SMILES string of the molecule is Nc1ncc(-c2cncc(C(F)(F)F)n2)cc1F. The number of aromatic nitrogens is 3. The fourth-order valence-corrected chi connectivity index (χ4v) is 1.23. The number of nitrogen functional groups attached to an aromatic ring is 1. The van der Waals surface area contributed by atoms with Gasteiger partial charge in [-0.3, -0.25) is 4.98 Å². The van der Waals surface area contributed by atoms with Crippen LogP contribution in [0.3, 0.4) is 0 Å². The minimum atomic E-state index is -4.61. The number of rotatable bonds is 1. The van der Waals surface area contributed by atoms with E-state index in [0.717, 1.165) is 18.5 Å². The monoisotopic (exact) mass is 258 g/mol. The highest BCUT2D eigenvalue weighted by molar-refractivity contribution is 5.58. The molecule has 2 aromatic rings. The van der Waals surface area contributed by atoms with Crippen molar-refractivity contribution in [1.82, 2.24) is 15.0 Å². The highest BCUT2D eigenvalue weighted by atomic mass is 19.4. The van der Waals surface area contributed by atoms with Crippen molar-refractivity contribution in [1.29, 1.82) is 0 Å². The van der Waals surface area contributed by atoms with Crippen molar-refractivity contribution in [2.75, 3.05) is 5.73 Å². The Morgan fingerprint density at radius 3 is 2.44 bits per heavy atom. The summed E-state index contributed by atoms with van der Waals surface area (Å²) in [5, 5.41) is 0. The van der Waals surface area contributed by atoms with Crippen LogP contribution in [-0.4, -0.2) is 15.0 Å². The first-order valence-corrected chi connectivity index (χ1v) is 4.68. The van der Waals surface area contributed by atoms with Crippen LogP contribution >= 0.6 is 0 Å². The first-order chi connectivity index (χ1) is 8.38. The fourth-order valence-electron chi connectivity index (χ4n) is 1.23. The summed E-state index contributed by atoms with van der Waals surface area (Å²) in [7, 11) is 0. The van der Waals surface area contributed by atoms with E-state index in [-0.39, 0.29) is 17.1 Å². The maximum Gasteiger partial charge on any atom is 0.434 e. The van der Waals surface area contributed by atoms with E-state index in [1.54, 1.807) is 0 Å². The molecule has 18 heavy (non-hydrogen) atoms. The quantitative estimate of drug-likeness (QED) is 0.797. The molecule has 4 nitrogen and oxygen atoms in total. The van der Waals surface area contributed by atoms with Crippen LogP contribution in [-0.2, 0) is 6.18 Å². The molecule has 0 unspecified atom stereocenters. The zero-order valence-electron chi connectivity index (χ0n) is 8.74. The largest absolute Gasteiger partial charge is 0.434 e. The van der Waals surface area contributed by atoms with E-state index in [4.69, 9.17) is 5.73 Å². The second kappa shape index (κ2) is 4.21. The lowest BCUT2D eigenvalue weighted by Crippen LogP contribution is -2.09. The van der Waals surface area contributed by atoms with Gasteiger partial charge in [-0.25, -0.2) is 14.4 Å². The summed E-state index contributed by atoms with van der Waals surface area (Å²) in [5.41, 5.74) is 3.95. The van der Waals surface area contributed by atoms with Crippen LogP contribution in [0.4, 0.5) is 23.4 Å². The maximum atomic E-state index is 13.1. The Balaban J connectivity index is 2.48. The van der Waals surface area contributed by atoms with Crippen molar-refractivity contribution in [3.05, 3.63) is 36.2 Å². The molecule has 8 heteroatoms. The van der Waals surface area contributed by atoms with Gasteiger partial charge in [0.2, 0.25) is 0 Å². The minimum absolute atomic E-state index is 0.0697. The normalized spacial score (nSPS) is 11.6. The number of hydrogen-bond donors (Lipinski definition) is 1. The van der Waals surface area contributed by atoms with Crippen LogP contribution in [0.5, 0.6) is 0 Å². The van der Waals surface area contributed by atoms with Gasteiger partial charge in [-0.1, -0.05) is 0 Å². The Morgan fingerprint density at radius 2 is 1.83 bits per heavy atom. The van der Waals surface area contributed by atoms with Crippen LogP contribution in [0, 0.1) is 5.82 Å². The van der Waals surface area contributed by atoms with Crippen molar-refractivity contribution >= 4 is 5.82 Å².